The van der Waals surface area contributed by atoms with Crippen LogP contribution in [0.25, 0.3) is 0 Å². The molecule has 0 bridgehead atoms. The van der Waals surface area contributed by atoms with Gasteiger partial charge in [0.25, 0.3) is 0 Å². The van der Waals surface area contributed by atoms with Gasteiger partial charge in [0.2, 0.25) is 0 Å². The third-order valence-electron chi connectivity index (χ3n) is 6.40. The molecule has 0 saturated carbocycles. The zero-order valence-corrected chi connectivity index (χ0v) is 25.0. The number of esters is 3. The maximum atomic E-state index is 12.7. The summed E-state index contributed by atoms with van der Waals surface area (Å²) in [6, 6.07) is 3.67. The summed E-state index contributed by atoms with van der Waals surface area (Å²) in [5, 5.41) is 0. The first-order valence-corrected chi connectivity index (χ1v) is 14.3. The van der Waals surface area contributed by atoms with Gasteiger partial charge >= 0.3 is 24.1 Å². The van der Waals surface area contributed by atoms with Crippen molar-refractivity contribution in [2.75, 3.05) is 6.61 Å². The van der Waals surface area contributed by atoms with Crippen molar-refractivity contribution in [1.82, 2.24) is 0 Å². The first-order valence-electron chi connectivity index (χ1n) is 14.3. The van der Waals surface area contributed by atoms with Crippen LogP contribution in [-0.4, -0.2) is 48.9 Å². The highest BCUT2D eigenvalue weighted by molar-refractivity contribution is 5.79. The second-order valence-electron chi connectivity index (χ2n) is 10.2. The Morgan fingerprint density at radius 2 is 1.30 bits per heavy atom. The van der Waals surface area contributed by atoms with Crippen LogP contribution in [0, 0.1) is 11.8 Å². The number of ether oxygens (including phenoxy) is 5. The summed E-state index contributed by atoms with van der Waals surface area (Å²) in [6.45, 7) is 12.9. The standard InChI is InChI=1S/C30H47NO9/c1-8-11-16-36-30(35)38-22(7)21(6)37-29(34)24(31)17-23-14-15-25(39-27(32)19(4)12-9-2)26(18-23)40-28(33)20(5)13-10-3/h14-15,18-22,24H,8-13,16-17,31H2,1-7H3/t19?,20?,21-,22-,24-/m0/s1. The maximum absolute atomic E-state index is 12.7. The van der Waals surface area contributed by atoms with Crippen molar-refractivity contribution in [1.29, 1.82) is 0 Å². The molecule has 226 valence electrons. The van der Waals surface area contributed by atoms with Gasteiger partial charge in [-0.05, 0) is 57.2 Å². The van der Waals surface area contributed by atoms with Gasteiger partial charge in [0.15, 0.2) is 11.5 Å². The van der Waals surface area contributed by atoms with E-state index in [-0.39, 0.29) is 36.4 Å². The molecule has 0 heterocycles. The van der Waals surface area contributed by atoms with E-state index in [0.29, 0.717) is 18.4 Å². The van der Waals surface area contributed by atoms with E-state index in [1.54, 1.807) is 33.8 Å². The lowest BCUT2D eigenvalue weighted by molar-refractivity contribution is -0.155. The number of unbranched alkanes of at least 4 members (excludes halogenated alkanes) is 1. The topological polar surface area (TPSA) is 140 Å². The number of carbonyl (C=O) groups is 4. The predicted molar refractivity (Wildman–Crippen MR) is 150 cm³/mol. The van der Waals surface area contributed by atoms with E-state index in [1.165, 1.54) is 12.1 Å². The lowest BCUT2D eigenvalue weighted by Gasteiger charge is -2.22. The smallest absolute Gasteiger partial charge is 0.458 e. The Labute approximate surface area is 238 Å². The summed E-state index contributed by atoms with van der Waals surface area (Å²) in [5.41, 5.74) is 6.69. The highest BCUT2D eigenvalue weighted by Gasteiger charge is 2.26. The summed E-state index contributed by atoms with van der Waals surface area (Å²) in [7, 11) is 0. The molecule has 0 fully saturated rings. The molecule has 2 N–H and O–H groups in total. The molecule has 2 unspecified atom stereocenters. The number of carbonyl (C=O) groups excluding carboxylic acids is 4. The minimum absolute atomic E-state index is 0.0649. The molecular weight excluding hydrogens is 518 g/mol. The van der Waals surface area contributed by atoms with Crippen molar-refractivity contribution >= 4 is 24.1 Å². The number of rotatable bonds is 17. The summed E-state index contributed by atoms with van der Waals surface area (Å²) in [4.78, 5) is 49.6. The Morgan fingerprint density at radius 3 is 1.85 bits per heavy atom. The highest BCUT2D eigenvalue weighted by Crippen LogP contribution is 2.31. The van der Waals surface area contributed by atoms with Crippen LogP contribution < -0.4 is 15.2 Å². The van der Waals surface area contributed by atoms with Crippen molar-refractivity contribution in [3.05, 3.63) is 23.8 Å². The molecule has 5 atom stereocenters. The number of benzene rings is 1. The van der Waals surface area contributed by atoms with Crippen LogP contribution in [0.4, 0.5) is 4.79 Å². The fourth-order valence-corrected chi connectivity index (χ4v) is 3.65. The average Bonchev–Trinajstić information content (AvgIpc) is 2.90. The zero-order chi connectivity index (χ0) is 30.2. The van der Waals surface area contributed by atoms with Crippen LogP contribution in [0.3, 0.4) is 0 Å². The molecule has 10 nitrogen and oxygen atoms in total. The van der Waals surface area contributed by atoms with Crippen molar-refractivity contribution in [3.8, 4) is 11.5 Å². The first-order chi connectivity index (χ1) is 18.9. The van der Waals surface area contributed by atoms with Gasteiger partial charge in [-0.3, -0.25) is 14.4 Å². The van der Waals surface area contributed by atoms with Gasteiger partial charge in [0.1, 0.15) is 18.2 Å². The Bertz CT molecular complexity index is 964. The van der Waals surface area contributed by atoms with Gasteiger partial charge in [-0.1, -0.05) is 59.9 Å². The molecule has 40 heavy (non-hydrogen) atoms. The van der Waals surface area contributed by atoms with E-state index in [4.69, 9.17) is 29.4 Å². The highest BCUT2D eigenvalue weighted by atomic mass is 16.7. The molecule has 0 saturated heterocycles. The lowest BCUT2D eigenvalue weighted by atomic mass is 10.0. The Morgan fingerprint density at radius 1 is 0.750 bits per heavy atom. The van der Waals surface area contributed by atoms with Crippen LogP contribution in [0.5, 0.6) is 11.5 Å². The van der Waals surface area contributed by atoms with Crippen molar-refractivity contribution in [3.63, 3.8) is 0 Å². The minimum Gasteiger partial charge on any atom is -0.458 e. The lowest BCUT2D eigenvalue weighted by Crippen LogP contribution is -2.39. The van der Waals surface area contributed by atoms with Gasteiger partial charge in [-0.2, -0.15) is 0 Å². The van der Waals surface area contributed by atoms with Crippen LogP contribution in [-0.2, 0) is 35.0 Å². The largest absolute Gasteiger partial charge is 0.508 e. The number of hydrogen-bond acceptors (Lipinski definition) is 10. The van der Waals surface area contributed by atoms with Gasteiger partial charge in [0.05, 0.1) is 18.4 Å². The van der Waals surface area contributed by atoms with E-state index >= 15 is 0 Å². The predicted octanol–water partition coefficient (Wildman–Crippen LogP) is 5.51. The zero-order valence-electron chi connectivity index (χ0n) is 25.0. The average molecular weight is 566 g/mol. The quantitative estimate of drug-likeness (QED) is 0.146. The van der Waals surface area contributed by atoms with E-state index in [2.05, 4.69) is 0 Å². The third-order valence-corrected chi connectivity index (χ3v) is 6.40. The van der Waals surface area contributed by atoms with Gasteiger partial charge in [-0.15, -0.1) is 0 Å². The number of nitrogens with two attached hydrogens (primary N) is 1. The van der Waals surface area contributed by atoms with E-state index in [0.717, 1.165) is 25.7 Å². The fourth-order valence-electron chi connectivity index (χ4n) is 3.65. The summed E-state index contributed by atoms with van der Waals surface area (Å²) < 4.78 is 26.7. The monoisotopic (exact) mass is 565 g/mol. The molecule has 0 aliphatic carbocycles. The normalized spacial score (nSPS) is 14.7. The molecule has 0 aliphatic heterocycles. The molecule has 1 aromatic carbocycles. The van der Waals surface area contributed by atoms with Crippen molar-refractivity contribution < 1.29 is 42.9 Å². The Balaban J connectivity index is 2.93. The molecule has 10 heteroatoms. The molecule has 1 rings (SSSR count). The molecule has 0 radical (unpaired) electrons. The molecule has 0 aromatic heterocycles. The SMILES string of the molecule is CCCCOC(=O)O[C@@H](C)[C@H](C)OC(=O)[C@@H](N)Cc1ccc(OC(=O)C(C)CCC)c(OC(=O)C(C)CCC)c1. The third kappa shape index (κ3) is 12.4. The Kier molecular flexibility index (Phi) is 15.9. The Hall–Kier alpha value is -3.14. The fraction of sp³-hybridized carbons (Fsp3) is 0.667. The van der Waals surface area contributed by atoms with E-state index in [9.17, 15) is 19.2 Å². The van der Waals surface area contributed by atoms with Crippen LogP contribution in [0.2, 0.25) is 0 Å². The number of hydrogen-bond donors (Lipinski definition) is 1. The van der Waals surface area contributed by atoms with Crippen molar-refractivity contribution in [2.45, 2.75) is 112 Å². The molecule has 0 amide bonds. The summed E-state index contributed by atoms with van der Waals surface area (Å²) >= 11 is 0. The minimum atomic E-state index is -1.05. The van der Waals surface area contributed by atoms with E-state index < -0.39 is 42.3 Å². The first kappa shape index (κ1) is 34.9. The van der Waals surface area contributed by atoms with E-state index in [1.807, 2.05) is 20.8 Å². The summed E-state index contributed by atoms with van der Waals surface area (Å²) in [6.07, 6.45) is 2.28. The van der Waals surface area contributed by atoms with Gasteiger partial charge < -0.3 is 29.4 Å². The molecule has 1 aromatic rings. The molecular formula is C30H47NO9. The summed E-state index contributed by atoms with van der Waals surface area (Å²) in [5.74, 6) is -2.02. The second-order valence-corrected chi connectivity index (χ2v) is 10.2. The van der Waals surface area contributed by atoms with Gasteiger partial charge in [0, 0.05) is 0 Å². The van der Waals surface area contributed by atoms with Gasteiger partial charge in [-0.25, -0.2) is 4.79 Å². The van der Waals surface area contributed by atoms with Crippen LogP contribution >= 0.6 is 0 Å². The second kappa shape index (κ2) is 18.3. The maximum Gasteiger partial charge on any atom is 0.508 e. The van der Waals surface area contributed by atoms with Crippen LogP contribution in [0.1, 0.15) is 92.6 Å². The molecule has 0 spiro atoms. The van der Waals surface area contributed by atoms with Crippen molar-refractivity contribution in [2.24, 2.45) is 17.6 Å². The van der Waals surface area contributed by atoms with Crippen LogP contribution in [0.15, 0.2) is 18.2 Å². The molecule has 0 aliphatic rings.